The maximum Gasteiger partial charge on any atom is 0.573 e. The van der Waals surface area contributed by atoms with Gasteiger partial charge in [-0.3, -0.25) is 14.9 Å². The van der Waals surface area contributed by atoms with Crippen LogP contribution in [0.5, 0.6) is 5.75 Å². The standard InChI is InChI=1S/C19H15ClF3N5O3S/c20-13-7-3-6-12-15(13)26-27-28(17(12)30)10-4-9-24-18(32)25-16(29)11-5-1-2-8-14(11)31-19(21,22)23/h1-3,5-8H,4,9-10H2,(H2,24,25,29,32). The van der Waals surface area contributed by atoms with Crippen molar-refractivity contribution in [3.05, 3.63) is 63.4 Å². The Morgan fingerprint density at radius 3 is 2.69 bits per heavy atom. The fraction of sp³-hybridized carbons (Fsp3) is 0.211. The van der Waals surface area contributed by atoms with Gasteiger partial charge in [-0.1, -0.05) is 35.0 Å². The zero-order chi connectivity index (χ0) is 23.3. The molecule has 0 radical (unpaired) electrons. The fourth-order valence-electron chi connectivity index (χ4n) is 2.73. The van der Waals surface area contributed by atoms with E-state index >= 15 is 0 Å². The van der Waals surface area contributed by atoms with Crippen LogP contribution >= 0.6 is 23.8 Å². The van der Waals surface area contributed by atoms with Crippen LogP contribution in [-0.4, -0.2) is 38.9 Å². The number of halogens is 4. The molecule has 0 atom stereocenters. The van der Waals surface area contributed by atoms with Gasteiger partial charge in [0.15, 0.2) is 5.11 Å². The van der Waals surface area contributed by atoms with Crippen LogP contribution in [0.4, 0.5) is 13.2 Å². The lowest BCUT2D eigenvalue weighted by Crippen LogP contribution is -2.40. The molecule has 0 spiro atoms. The largest absolute Gasteiger partial charge is 0.573 e. The molecule has 0 aliphatic carbocycles. The summed E-state index contributed by atoms with van der Waals surface area (Å²) >= 11 is 11.0. The van der Waals surface area contributed by atoms with Crippen LogP contribution in [0.3, 0.4) is 0 Å². The second-order valence-electron chi connectivity index (χ2n) is 6.36. The molecule has 8 nitrogen and oxygen atoms in total. The molecule has 3 aromatic rings. The molecule has 32 heavy (non-hydrogen) atoms. The fourth-order valence-corrected chi connectivity index (χ4v) is 3.13. The number of para-hydroxylation sites is 1. The van der Waals surface area contributed by atoms with Gasteiger partial charge in [0.1, 0.15) is 11.3 Å². The van der Waals surface area contributed by atoms with Crippen molar-refractivity contribution in [2.45, 2.75) is 19.3 Å². The van der Waals surface area contributed by atoms with Gasteiger partial charge in [-0.05, 0) is 42.9 Å². The van der Waals surface area contributed by atoms with Crippen molar-refractivity contribution in [1.82, 2.24) is 25.6 Å². The van der Waals surface area contributed by atoms with E-state index in [4.69, 9.17) is 23.8 Å². The predicted molar refractivity (Wildman–Crippen MR) is 115 cm³/mol. The van der Waals surface area contributed by atoms with Crippen LogP contribution in [0.15, 0.2) is 47.3 Å². The molecule has 0 bridgehead atoms. The van der Waals surface area contributed by atoms with Gasteiger partial charge in [0.2, 0.25) is 0 Å². The summed E-state index contributed by atoms with van der Waals surface area (Å²) < 4.78 is 42.5. The van der Waals surface area contributed by atoms with Gasteiger partial charge in [0, 0.05) is 13.1 Å². The summed E-state index contributed by atoms with van der Waals surface area (Å²) in [6.07, 6.45) is -4.55. The SMILES string of the molecule is O=C(NC(=S)NCCCn1nnc2c(Cl)cccc2c1=O)c1ccccc1OC(F)(F)F. The van der Waals surface area contributed by atoms with Crippen molar-refractivity contribution in [1.29, 1.82) is 0 Å². The Labute approximate surface area is 189 Å². The normalized spacial score (nSPS) is 11.2. The molecule has 1 aromatic heterocycles. The minimum atomic E-state index is -4.94. The Bertz CT molecular complexity index is 1220. The number of aryl methyl sites for hydroxylation is 1. The van der Waals surface area contributed by atoms with Gasteiger partial charge in [-0.2, -0.15) is 0 Å². The number of nitrogens with one attached hydrogen (secondary N) is 2. The molecule has 168 valence electrons. The summed E-state index contributed by atoms with van der Waals surface area (Å²) in [5, 5.41) is 13.4. The molecule has 0 fully saturated rings. The average Bonchev–Trinajstić information content (AvgIpc) is 2.72. The number of carbonyl (C=O) groups excluding carboxylic acids is 1. The van der Waals surface area contributed by atoms with Gasteiger partial charge in [-0.25, -0.2) is 4.68 Å². The Kier molecular flexibility index (Phi) is 7.26. The maximum atomic E-state index is 12.5. The van der Waals surface area contributed by atoms with Gasteiger partial charge in [0.25, 0.3) is 11.5 Å². The van der Waals surface area contributed by atoms with Crippen LogP contribution in [0.2, 0.25) is 5.02 Å². The minimum absolute atomic E-state index is 0.0967. The Hall–Kier alpha value is -3.25. The molecule has 13 heteroatoms. The van der Waals surface area contributed by atoms with Gasteiger partial charge >= 0.3 is 6.36 Å². The van der Waals surface area contributed by atoms with Gasteiger partial charge in [0.05, 0.1) is 16.0 Å². The summed E-state index contributed by atoms with van der Waals surface area (Å²) in [4.78, 5) is 24.7. The monoisotopic (exact) mass is 485 g/mol. The molecular formula is C19H15ClF3N5O3S. The molecule has 0 aliphatic heterocycles. The second-order valence-corrected chi connectivity index (χ2v) is 7.18. The van der Waals surface area contributed by atoms with Crippen LogP contribution in [-0.2, 0) is 6.54 Å². The molecule has 3 rings (SSSR count). The topological polar surface area (TPSA) is 98.1 Å². The summed E-state index contributed by atoms with van der Waals surface area (Å²) in [7, 11) is 0. The van der Waals surface area contributed by atoms with Crippen LogP contribution < -0.4 is 20.9 Å². The predicted octanol–water partition coefficient (Wildman–Crippen LogP) is 3.04. The van der Waals surface area contributed by atoms with E-state index in [1.54, 1.807) is 18.2 Å². The van der Waals surface area contributed by atoms with Crippen molar-refractivity contribution < 1.29 is 22.7 Å². The van der Waals surface area contributed by atoms with E-state index in [0.29, 0.717) is 22.3 Å². The van der Waals surface area contributed by atoms with E-state index < -0.39 is 18.0 Å². The lowest BCUT2D eigenvalue weighted by atomic mass is 10.2. The molecule has 1 heterocycles. The first kappa shape index (κ1) is 23.4. The number of aromatic nitrogens is 3. The number of benzene rings is 2. The summed E-state index contributed by atoms with van der Waals surface area (Å²) in [6, 6.07) is 9.74. The first-order valence-corrected chi connectivity index (χ1v) is 9.90. The van der Waals surface area contributed by atoms with E-state index in [-0.39, 0.29) is 29.3 Å². The Morgan fingerprint density at radius 1 is 1.19 bits per heavy atom. The third-order valence-corrected chi connectivity index (χ3v) is 4.67. The maximum absolute atomic E-state index is 12.5. The number of rotatable bonds is 6. The molecule has 0 saturated carbocycles. The second kappa shape index (κ2) is 9.92. The third kappa shape index (κ3) is 5.92. The van der Waals surface area contributed by atoms with Crippen molar-refractivity contribution in [2.75, 3.05) is 6.54 Å². The van der Waals surface area contributed by atoms with Crippen molar-refractivity contribution in [3.8, 4) is 5.75 Å². The Balaban J connectivity index is 1.53. The highest BCUT2D eigenvalue weighted by Crippen LogP contribution is 2.26. The summed E-state index contributed by atoms with van der Waals surface area (Å²) in [5.41, 5.74) is -0.368. The number of carbonyl (C=O) groups is 1. The number of hydrogen-bond acceptors (Lipinski definition) is 6. The third-order valence-electron chi connectivity index (χ3n) is 4.12. The molecule has 0 aliphatic rings. The van der Waals surface area contributed by atoms with Crippen LogP contribution in [0.25, 0.3) is 10.9 Å². The molecular weight excluding hydrogens is 471 g/mol. The summed E-state index contributed by atoms with van der Waals surface area (Å²) in [5.74, 6) is -1.51. The number of hydrogen-bond donors (Lipinski definition) is 2. The lowest BCUT2D eigenvalue weighted by molar-refractivity contribution is -0.274. The number of thiocarbonyl (C=S) groups is 1. The van der Waals surface area contributed by atoms with Crippen LogP contribution in [0, 0.1) is 0 Å². The first-order valence-electron chi connectivity index (χ1n) is 9.11. The van der Waals surface area contributed by atoms with E-state index in [1.807, 2.05) is 0 Å². The number of ether oxygens (including phenoxy) is 1. The van der Waals surface area contributed by atoms with E-state index in [0.717, 1.165) is 6.07 Å². The lowest BCUT2D eigenvalue weighted by Gasteiger charge is -2.14. The quantitative estimate of drug-likeness (QED) is 0.409. The molecule has 0 unspecified atom stereocenters. The van der Waals surface area contributed by atoms with Gasteiger partial charge < -0.3 is 10.1 Å². The van der Waals surface area contributed by atoms with E-state index in [2.05, 4.69) is 25.7 Å². The molecule has 1 amide bonds. The number of nitrogens with zero attached hydrogens (tertiary/aromatic N) is 3. The highest BCUT2D eigenvalue weighted by atomic mass is 35.5. The highest BCUT2D eigenvalue weighted by molar-refractivity contribution is 7.80. The van der Waals surface area contributed by atoms with Crippen molar-refractivity contribution >= 4 is 45.7 Å². The molecule has 2 N–H and O–H groups in total. The zero-order valence-corrected chi connectivity index (χ0v) is 17.7. The zero-order valence-electron chi connectivity index (χ0n) is 16.1. The minimum Gasteiger partial charge on any atom is -0.405 e. The highest BCUT2D eigenvalue weighted by Gasteiger charge is 2.32. The molecule has 0 saturated heterocycles. The van der Waals surface area contributed by atoms with Gasteiger partial charge in [-0.15, -0.1) is 18.3 Å². The Morgan fingerprint density at radius 2 is 1.94 bits per heavy atom. The average molecular weight is 486 g/mol. The van der Waals surface area contributed by atoms with E-state index in [1.165, 1.54) is 22.9 Å². The first-order chi connectivity index (χ1) is 15.2. The van der Waals surface area contributed by atoms with Crippen molar-refractivity contribution in [2.24, 2.45) is 0 Å². The summed E-state index contributed by atoms with van der Waals surface area (Å²) in [6.45, 7) is 0.460. The number of fused-ring (bicyclic) bond motifs is 1. The smallest absolute Gasteiger partial charge is 0.405 e. The number of alkyl halides is 3. The number of amides is 1. The van der Waals surface area contributed by atoms with E-state index in [9.17, 15) is 22.8 Å². The molecule has 2 aromatic carbocycles. The van der Waals surface area contributed by atoms with Crippen LogP contribution in [0.1, 0.15) is 16.8 Å². The van der Waals surface area contributed by atoms with Crippen molar-refractivity contribution in [3.63, 3.8) is 0 Å².